The molecule has 2 aromatic rings. The lowest BCUT2D eigenvalue weighted by molar-refractivity contribution is -0.128. The first-order valence-corrected chi connectivity index (χ1v) is 14.5. The summed E-state index contributed by atoms with van der Waals surface area (Å²) in [6, 6.07) is 0.352. The summed E-state index contributed by atoms with van der Waals surface area (Å²) in [6.45, 7) is 4.95. The van der Waals surface area contributed by atoms with Crippen LogP contribution < -0.4 is 4.74 Å². The number of ketones is 1. The zero-order valence-electron chi connectivity index (χ0n) is 22.6. The van der Waals surface area contributed by atoms with Crippen LogP contribution in [0.25, 0.3) is 11.5 Å². The van der Waals surface area contributed by atoms with Gasteiger partial charge in [-0.3, -0.25) is 9.69 Å². The van der Waals surface area contributed by atoms with Crippen molar-refractivity contribution in [1.29, 1.82) is 0 Å². The molecular weight excluding hydrogens is 484 g/mol. The maximum absolute atomic E-state index is 13.2. The van der Waals surface area contributed by atoms with Crippen LogP contribution in [-0.2, 0) is 38.1 Å². The lowest BCUT2D eigenvalue weighted by Gasteiger charge is -2.37. The summed E-state index contributed by atoms with van der Waals surface area (Å²) in [4.78, 5) is 25.7. The average molecular weight is 523 g/mol. The first-order valence-electron chi connectivity index (χ1n) is 14.5. The summed E-state index contributed by atoms with van der Waals surface area (Å²) in [5.41, 5.74) is 2.42. The van der Waals surface area contributed by atoms with Crippen LogP contribution in [-0.4, -0.2) is 71.4 Å². The third-order valence-electron chi connectivity index (χ3n) is 9.79. The van der Waals surface area contributed by atoms with Gasteiger partial charge >= 0.3 is 0 Å². The molecule has 3 fully saturated rings. The summed E-state index contributed by atoms with van der Waals surface area (Å²) < 4.78 is 24.9. The highest BCUT2D eigenvalue weighted by molar-refractivity contribution is 5.91. The van der Waals surface area contributed by atoms with E-state index in [1.807, 2.05) is 0 Å². The van der Waals surface area contributed by atoms with E-state index in [4.69, 9.17) is 28.7 Å². The SMILES string of the molecule is C[C@H](Oc1nc(-c2noc3c2CCC[C@@]32CCCCC2=O)nc2c1CCOC21CCOC1)[C@@H]1CCCN1C. The van der Waals surface area contributed by atoms with Crippen LogP contribution in [0.5, 0.6) is 5.88 Å². The maximum atomic E-state index is 13.2. The van der Waals surface area contributed by atoms with Gasteiger partial charge in [0.25, 0.3) is 0 Å². The van der Waals surface area contributed by atoms with Gasteiger partial charge in [-0.25, -0.2) is 4.98 Å². The Morgan fingerprint density at radius 3 is 2.71 bits per heavy atom. The van der Waals surface area contributed by atoms with Crippen molar-refractivity contribution < 1.29 is 23.5 Å². The standard InChI is InChI=1S/C29H38N4O5/c1-18(21-8-6-14-33(21)2)37-27-20-10-15-36-29(13-16-35-17-29)24(20)30-26(31-27)23-19-7-5-12-28(25(19)38-32-23)11-4-3-9-22(28)34/h18,21H,3-17H2,1-2H3/t18-,21-,28+,29?/m0/s1. The van der Waals surface area contributed by atoms with Crippen LogP contribution in [0.2, 0.25) is 0 Å². The Hall–Kier alpha value is -2.36. The number of likely N-dealkylation sites (N-methyl/N-ethyl adjacent to an activating group) is 1. The summed E-state index contributed by atoms with van der Waals surface area (Å²) in [5, 5.41) is 4.54. The Kier molecular flexibility index (Phi) is 6.09. The minimum atomic E-state index is -0.582. The number of hydrogen-bond acceptors (Lipinski definition) is 9. The fourth-order valence-electron chi connectivity index (χ4n) is 7.69. The van der Waals surface area contributed by atoms with Crippen LogP contribution >= 0.6 is 0 Å². The Balaban J connectivity index is 1.33. The zero-order chi connectivity index (χ0) is 25.9. The second-order valence-electron chi connectivity index (χ2n) is 12.0. The van der Waals surface area contributed by atoms with Crippen molar-refractivity contribution >= 4 is 5.78 Å². The van der Waals surface area contributed by atoms with E-state index in [9.17, 15) is 4.79 Å². The fourth-order valence-corrected chi connectivity index (χ4v) is 7.69. The summed E-state index contributed by atoms with van der Waals surface area (Å²) in [6.07, 6.45) is 9.81. The summed E-state index contributed by atoms with van der Waals surface area (Å²) >= 11 is 0. The van der Waals surface area contributed by atoms with E-state index < -0.39 is 11.0 Å². The quantitative estimate of drug-likeness (QED) is 0.592. The molecular formula is C29H38N4O5. The third kappa shape index (κ3) is 3.76. The van der Waals surface area contributed by atoms with E-state index >= 15 is 0 Å². The lowest BCUT2D eigenvalue weighted by atomic mass is 9.64. The number of carbonyl (C=O) groups is 1. The molecule has 0 bridgehead atoms. The molecule has 38 heavy (non-hydrogen) atoms. The van der Waals surface area contributed by atoms with Gasteiger partial charge in [-0.2, -0.15) is 4.98 Å². The van der Waals surface area contributed by atoms with Gasteiger partial charge in [0.1, 0.15) is 17.5 Å². The first kappa shape index (κ1) is 24.7. The van der Waals surface area contributed by atoms with Crippen LogP contribution in [0.1, 0.15) is 87.3 Å². The largest absolute Gasteiger partial charge is 0.473 e. The summed E-state index contributed by atoms with van der Waals surface area (Å²) in [5.74, 6) is 2.19. The Morgan fingerprint density at radius 1 is 1.03 bits per heavy atom. The monoisotopic (exact) mass is 522 g/mol. The minimum absolute atomic E-state index is 0.0117. The number of Topliss-reactive ketones (excluding diaryl/α,β-unsaturated/α-hetero) is 1. The lowest BCUT2D eigenvalue weighted by Crippen LogP contribution is -2.41. The summed E-state index contributed by atoms with van der Waals surface area (Å²) in [7, 11) is 2.17. The zero-order valence-corrected chi connectivity index (χ0v) is 22.6. The molecule has 2 spiro atoms. The number of fused-ring (bicyclic) bond motifs is 4. The van der Waals surface area contributed by atoms with E-state index in [2.05, 4.69) is 24.0 Å². The fraction of sp³-hybridized carbons (Fsp3) is 0.724. The molecule has 0 amide bonds. The van der Waals surface area contributed by atoms with E-state index in [1.165, 1.54) is 6.42 Å². The van der Waals surface area contributed by atoms with Gasteiger partial charge in [0, 0.05) is 43.0 Å². The topological polar surface area (TPSA) is 99.8 Å². The van der Waals surface area contributed by atoms with Gasteiger partial charge in [0.2, 0.25) is 5.88 Å². The Morgan fingerprint density at radius 2 is 1.92 bits per heavy atom. The number of hydrogen-bond donors (Lipinski definition) is 0. The van der Waals surface area contributed by atoms with Gasteiger partial charge in [0.05, 0.1) is 24.3 Å². The highest BCUT2D eigenvalue weighted by Gasteiger charge is 2.49. The van der Waals surface area contributed by atoms with Crippen molar-refractivity contribution in [3.8, 4) is 17.4 Å². The van der Waals surface area contributed by atoms with E-state index in [-0.39, 0.29) is 6.10 Å². The minimum Gasteiger partial charge on any atom is -0.473 e. The van der Waals surface area contributed by atoms with Gasteiger partial charge in [0.15, 0.2) is 17.3 Å². The van der Waals surface area contributed by atoms with Gasteiger partial charge in [-0.1, -0.05) is 11.6 Å². The van der Waals surface area contributed by atoms with Crippen LogP contribution in [0.3, 0.4) is 0 Å². The van der Waals surface area contributed by atoms with E-state index in [0.29, 0.717) is 61.9 Å². The molecule has 3 aliphatic heterocycles. The predicted octanol–water partition coefficient (Wildman–Crippen LogP) is 3.90. The third-order valence-corrected chi connectivity index (χ3v) is 9.79. The molecule has 5 heterocycles. The molecule has 9 nitrogen and oxygen atoms in total. The molecule has 2 aliphatic carbocycles. The number of carbonyl (C=O) groups excluding carboxylic acids is 1. The maximum Gasteiger partial charge on any atom is 0.221 e. The van der Waals surface area contributed by atoms with Gasteiger partial charge in [-0.15, -0.1) is 0 Å². The van der Waals surface area contributed by atoms with Crippen LogP contribution in [0.4, 0.5) is 0 Å². The molecule has 204 valence electrons. The Labute approximate surface area is 223 Å². The van der Waals surface area contributed by atoms with Crippen molar-refractivity contribution in [3.63, 3.8) is 0 Å². The molecule has 5 aliphatic rings. The molecule has 0 radical (unpaired) electrons. The number of likely N-dealkylation sites (tertiary alicyclic amines) is 1. The second kappa shape index (κ2) is 9.38. The molecule has 1 unspecified atom stereocenters. The van der Waals surface area contributed by atoms with Crippen molar-refractivity contribution in [2.75, 3.05) is 33.4 Å². The highest BCUT2D eigenvalue weighted by Crippen LogP contribution is 2.48. The van der Waals surface area contributed by atoms with Gasteiger partial charge < -0.3 is 18.7 Å². The molecule has 2 aromatic heterocycles. The van der Waals surface area contributed by atoms with E-state index in [1.54, 1.807) is 0 Å². The number of ether oxygens (including phenoxy) is 3. The molecule has 9 heteroatoms. The first-order chi connectivity index (χ1) is 18.5. The smallest absolute Gasteiger partial charge is 0.221 e. The van der Waals surface area contributed by atoms with Gasteiger partial charge in [-0.05, 0) is 65.5 Å². The normalized spacial score (nSPS) is 32.1. The number of aromatic nitrogens is 3. The number of nitrogens with zero attached hydrogens (tertiary/aromatic N) is 4. The predicted molar refractivity (Wildman–Crippen MR) is 138 cm³/mol. The molecule has 0 N–H and O–H groups in total. The van der Waals surface area contributed by atoms with Crippen LogP contribution in [0, 0.1) is 0 Å². The molecule has 2 saturated heterocycles. The second-order valence-corrected chi connectivity index (χ2v) is 12.0. The highest BCUT2D eigenvalue weighted by atomic mass is 16.6. The molecule has 1 saturated carbocycles. The number of rotatable bonds is 4. The van der Waals surface area contributed by atoms with Crippen molar-refractivity contribution in [3.05, 3.63) is 22.6 Å². The van der Waals surface area contributed by atoms with Crippen molar-refractivity contribution in [2.45, 2.75) is 101 Å². The molecule has 4 atom stereocenters. The Bertz CT molecular complexity index is 1240. The van der Waals surface area contributed by atoms with Crippen LogP contribution in [0.15, 0.2) is 4.52 Å². The molecule has 7 rings (SSSR count). The van der Waals surface area contributed by atoms with Crippen molar-refractivity contribution in [2.24, 2.45) is 0 Å². The molecule has 0 aromatic carbocycles. The average Bonchev–Trinajstić information content (AvgIpc) is 3.67. The van der Waals surface area contributed by atoms with E-state index in [0.717, 1.165) is 80.5 Å². The van der Waals surface area contributed by atoms with Crippen molar-refractivity contribution in [1.82, 2.24) is 20.0 Å².